The van der Waals surface area contributed by atoms with E-state index in [0.717, 1.165) is 25.7 Å². The third-order valence-electron chi connectivity index (χ3n) is 7.94. The molecule has 0 unspecified atom stereocenters. The Hall–Kier alpha value is -3.79. The Morgan fingerprint density at radius 1 is 1.07 bits per heavy atom. The Morgan fingerprint density at radius 2 is 1.78 bits per heavy atom. The Morgan fingerprint density at radius 3 is 2.49 bits per heavy atom. The van der Waals surface area contributed by atoms with Crippen molar-refractivity contribution in [2.75, 3.05) is 37.4 Å². The molecular weight excluding hydrogens is 522 g/mol. The SMILES string of the molecule is C[C@H]1CN([C@@H](C)CO)C(=O)Cc2cc(NC(=O)Nc3ccccc3)ccc2O[C@H]1CN(C)C(=O)NC1CCCCC1. The van der Waals surface area contributed by atoms with Gasteiger partial charge in [0.05, 0.1) is 25.6 Å². The maximum absolute atomic E-state index is 13.4. The zero-order chi connectivity index (χ0) is 29.4. The highest BCUT2D eigenvalue weighted by Gasteiger charge is 2.32. The van der Waals surface area contributed by atoms with E-state index in [9.17, 15) is 19.5 Å². The van der Waals surface area contributed by atoms with E-state index < -0.39 is 12.1 Å². The highest BCUT2D eigenvalue weighted by molar-refractivity contribution is 5.99. The molecular formula is C31H43N5O5. The van der Waals surface area contributed by atoms with Crippen LogP contribution in [0.3, 0.4) is 0 Å². The molecule has 3 atom stereocenters. The number of carbonyl (C=O) groups excluding carboxylic acids is 3. The summed E-state index contributed by atoms with van der Waals surface area (Å²) in [6, 6.07) is 13.6. The van der Waals surface area contributed by atoms with E-state index in [4.69, 9.17) is 4.74 Å². The second kappa shape index (κ2) is 14.2. The number of para-hydroxylation sites is 1. The van der Waals surface area contributed by atoms with Crippen molar-refractivity contribution in [3.63, 3.8) is 0 Å². The van der Waals surface area contributed by atoms with Gasteiger partial charge >= 0.3 is 12.1 Å². The van der Waals surface area contributed by atoms with Gasteiger partial charge in [-0.25, -0.2) is 9.59 Å². The first-order chi connectivity index (χ1) is 19.7. The van der Waals surface area contributed by atoms with Crippen LogP contribution in [0.1, 0.15) is 51.5 Å². The van der Waals surface area contributed by atoms with Crippen molar-refractivity contribution in [1.29, 1.82) is 0 Å². The summed E-state index contributed by atoms with van der Waals surface area (Å²) in [5.41, 5.74) is 1.80. The lowest BCUT2D eigenvalue weighted by atomic mass is 9.96. The molecule has 10 nitrogen and oxygen atoms in total. The van der Waals surface area contributed by atoms with Crippen molar-refractivity contribution in [3.05, 3.63) is 54.1 Å². The molecule has 1 heterocycles. The van der Waals surface area contributed by atoms with Gasteiger partial charge in [-0.15, -0.1) is 0 Å². The van der Waals surface area contributed by atoms with Crippen molar-refractivity contribution in [3.8, 4) is 5.75 Å². The molecule has 2 aromatic rings. The summed E-state index contributed by atoms with van der Waals surface area (Å²) < 4.78 is 6.51. The highest BCUT2D eigenvalue weighted by Crippen LogP contribution is 2.29. The largest absolute Gasteiger partial charge is 0.488 e. The van der Waals surface area contributed by atoms with Crippen LogP contribution in [0.25, 0.3) is 0 Å². The third-order valence-corrected chi connectivity index (χ3v) is 7.94. The van der Waals surface area contributed by atoms with Gasteiger partial charge in [-0.05, 0) is 50.1 Å². The molecule has 41 heavy (non-hydrogen) atoms. The number of ether oxygens (including phenoxy) is 1. The fraction of sp³-hybridized carbons (Fsp3) is 0.516. The average molecular weight is 566 g/mol. The number of nitrogens with one attached hydrogen (secondary N) is 3. The third kappa shape index (κ3) is 8.36. The second-order valence-corrected chi connectivity index (χ2v) is 11.3. The number of amides is 5. The van der Waals surface area contributed by atoms with Crippen LogP contribution in [0.4, 0.5) is 21.0 Å². The summed E-state index contributed by atoms with van der Waals surface area (Å²) in [4.78, 5) is 42.4. The molecule has 0 bridgehead atoms. The van der Waals surface area contributed by atoms with E-state index >= 15 is 0 Å². The molecule has 1 saturated carbocycles. The molecule has 0 aromatic heterocycles. The maximum Gasteiger partial charge on any atom is 0.323 e. The summed E-state index contributed by atoms with van der Waals surface area (Å²) in [6.45, 7) is 4.35. The van der Waals surface area contributed by atoms with Crippen molar-refractivity contribution in [2.24, 2.45) is 5.92 Å². The Kier molecular flexibility index (Phi) is 10.5. The molecule has 0 spiro atoms. The predicted octanol–water partition coefficient (Wildman–Crippen LogP) is 4.45. The van der Waals surface area contributed by atoms with Crippen molar-refractivity contribution < 1.29 is 24.2 Å². The van der Waals surface area contributed by atoms with Gasteiger partial charge in [0.1, 0.15) is 11.9 Å². The van der Waals surface area contributed by atoms with Gasteiger partial charge in [-0.3, -0.25) is 4.79 Å². The molecule has 1 aliphatic carbocycles. The number of hydrogen-bond acceptors (Lipinski definition) is 5. The number of aliphatic hydroxyl groups excluding tert-OH is 1. The highest BCUT2D eigenvalue weighted by atomic mass is 16.5. The molecule has 1 fully saturated rings. The summed E-state index contributed by atoms with van der Waals surface area (Å²) in [5, 5.41) is 18.7. The van der Waals surface area contributed by atoms with Crippen LogP contribution in [0.5, 0.6) is 5.75 Å². The van der Waals surface area contributed by atoms with Crippen LogP contribution < -0.4 is 20.7 Å². The van der Waals surface area contributed by atoms with E-state index in [0.29, 0.717) is 35.8 Å². The summed E-state index contributed by atoms with van der Waals surface area (Å²) >= 11 is 0. The first-order valence-electron chi connectivity index (χ1n) is 14.6. The number of anilines is 2. The number of fused-ring (bicyclic) bond motifs is 1. The lowest BCUT2D eigenvalue weighted by Crippen LogP contribution is -2.50. The first-order valence-corrected chi connectivity index (χ1v) is 14.6. The predicted molar refractivity (Wildman–Crippen MR) is 159 cm³/mol. The Bertz CT molecular complexity index is 1190. The molecule has 1 aliphatic heterocycles. The Balaban J connectivity index is 1.53. The Labute approximate surface area is 242 Å². The average Bonchev–Trinajstić information content (AvgIpc) is 3.01. The number of nitrogens with zero attached hydrogens (tertiary/aromatic N) is 2. The van der Waals surface area contributed by atoms with Crippen LogP contribution >= 0.6 is 0 Å². The van der Waals surface area contributed by atoms with Gasteiger partial charge in [-0.1, -0.05) is 44.4 Å². The number of rotatable bonds is 7. The number of benzene rings is 2. The minimum Gasteiger partial charge on any atom is -0.488 e. The molecule has 2 aliphatic rings. The van der Waals surface area contributed by atoms with E-state index in [2.05, 4.69) is 16.0 Å². The number of urea groups is 2. The maximum atomic E-state index is 13.4. The number of likely N-dealkylation sites (N-methyl/N-ethyl adjacent to an activating group) is 1. The van der Waals surface area contributed by atoms with Crippen LogP contribution in [0, 0.1) is 5.92 Å². The van der Waals surface area contributed by atoms with Gasteiger partial charge in [0.25, 0.3) is 0 Å². The zero-order valence-electron chi connectivity index (χ0n) is 24.3. The summed E-state index contributed by atoms with van der Waals surface area (Å²) in [7, 11) is 1.76. The van der Waals surface area contributed by atoms with Gasteiger partial charge in [-0.2, -0.15) is 0 Å². The van der Waals surface area contributed by atoms with Gasteiger partial charge in [0, 0.05) is 42.5 Å². The summed E-state index contributed by atoms with van der Waals surface area (Å²) in [5.74, 6) is 0.264. The first kappa shape index (κ1) is 30.2. The van der Waals surface area contributed by atoms with Gasteiger partial charge in [0.2, 0.25) is 5.91 Å². The standard InChI is InChI=1S/C31H43N5O5/c1-21-18-36(22(2)20-37)29(38)17-23-16-26(33-30(39)32-24-10-6-4-7-11-24)14-15-27(23)41-28(21)19-35(3)31(40)34-25-12-8-5-9-13-25/h4,6-7,10-11,14-16,21-22,25,28,37H,5,8-9,12-13,17-20H2,1-3H3,(H,34,40)(H2,32,33,39)/t21-,22-,28-/m0/s1. The molecule has 4 rings (SSSR count). The molecule has 222 valence electrons. The second-order valence-electron chi connectivity index (χ2n) is 11.3. The summed E-state index contributed by atoms with van der Waals surface area (Å²) in [6.07, 6.45) is 5.12. The van der Waals surface area contributed by atoms with E-state index in [-0.39, 0.29) is 43.0 Å². The molecule has 0 saturated heterocycles. The fourth-order valence-corrected chi connectivity index (χ4v) is 5.42. The molecule has 2 aromatic carbocycles. The topological polar surface area (TPSA) is 123 Å². The lowest BCUT2D eigenvalue weighted by Gasteiger charge is -2.34. The monoisotopic (exact) mass is 565 g/mol. The number of carbonyl (C=O) groups is 3. The molecule has 0 radical (unpaired) electrons. The minimum atomic E-state index is -0.407. The van der Waals surface area contributed by atoms with E-state index in [1.54, 1.807) is 47.2 Å². The number of aliphatic hydroxyl groups is 1. The minimum absolute atomic E-state index is 0.0486. The van der Waals surface area contributed by atoms with E-state index in [1.165, 1.54) is 6.42 Å². The van der Waals surface area contributed by atoms with Crippen LogP contribution in [-0.2, 0) is 11.2 Å². The fourth-order valence-electron chi connectivity index (χ4n) is 5.42. The molecule has 4 N–H and O–H groups in total. The van der Waals surface area contributed by atoms with Crippen molar-refractivity contribution in [1.82, 2.24) is 15.1 Å². The molecule has 5 amide bonds. The quantitative estimate of drug-likeness (QED) is 0.395. The van der Waals surface area contributed by atoms with Crippen LogP contribution in [-0.4, -0.2) is 77.8 Å². The van der Waals surface area contributed by atoms with Gasteiger partial charge in [0.15, 0.2) is 0 Å². The number of hydrogen-bond donors (Lipinski definition) is 4. The van der Waals surface area contributed by atoms with E-state index in [1.807, 2.05) is 32.0 Å². The zero-order valence-corrected chi connectivity index (χ0v) is 24.3. The smallest absolute Gasteiger partial charge is 0.323 e. The van der Waals surface area contributed by atoms with Gasteiger partial charge < -0.3 is 35.6 Å². The van der Waals surface area contributed by atoms with Crippen molar-refractivity contribution >= 4 is 29.3 Å². The van der Waals surface area contributed by atoms with Crippen LogP contribution in [0.2, 0.25) is 0 Å². The normalized spacial score (nSPS) is 20.4. The van der Waals surface area contributed by atoms with Crippen molar-refractivity contribution in [2.45, 2.75) is 70.6 Å². The van der Waals surface area contributed by atoms with Crippen LogP contribution in [0.15, 0.2) is 48.5 Å². The molecule has 10 heteroatoms. The lowest BCUT2D eigenvalue weighted by molar-refractivity contribution is -0.134.